The second-order valence-corrected chi connectivity index (χ2v) is 8.59. The van der Waals surface area contributed by atoms with E-state index in [1.54, 1.807) is 12.1 Å². The van der Waals surface area contributed by atoms with Gasteiger partial charge in [0.05, 0.1) is 12.3 Å². The Kier molecular flexibility index (Phi) is 7.72. The molecule has 0 bridgehead atoms. The molecule has 1 N–H and O–H groups in total. The third-order valence-corrected chi connectivity index (χ3v) is 5.72. The van der Waals surface area contributed by atoms with Gasteiger partial charge >= 0.3 is 12.4 Å². The predicted molar refractivity (Wildman–Crippen MR) is 118 cm³/mol. The van der Waals surface area contributed by atoms with Gasteiger partial charge in [0.2, 0.25) is 0 Å². The number of anilines is 1. The summed E-state index contributed by atoms with van der Waals surface area (Å²) in [5, 5.41) is 9.15. The number of thioether (sulfide) groups is 1. The first-order valence-electron chi connectivity index (χ1n) is 9.61. The average Bonchev–Trinajstić information content (AvgIpc) is 3.13. The van der Waals surface area contributed by atoms with Crippen molar-refractivity contribution in [1.82, 2.24) is 5.01 Å². The zero-order chi connectivity index (χ0) is 22.4. The summed E-state index contributed by atoms with van der Waals surface area (Å²) in [6.45, 7) is 2.52. The Balaban J connectivity index is 1.70. The van der Waals surface area contributed by atoms with Crippen LogP contribution >= 0.6 is 23.4 Å². The molecule has 0 aliphatic carbocycles. The monoisotopic (exact) mass is 471 g/mol. The molecule has 0 spiro atoms. The highest BCUT2D eigenvalue weighted by Gasteiger charge is 2.32. The summed E-state index contributed by atoms with van der Waals surface area (Å²) in [5.41, 5.74) is 2.06. The number of hydrogen-bond acceptors (Lipinski definition) is 4. The van der Waals surface area contributed by atoms with Crippen molar-refractivity contribution >= 4 is 40.8 Å². The molecule has 1 aliphatic rings. The molecule has 0 radical (unpaired) electrons. The normalized spacial score (nSPS) is 16.2. The van der Waals surface area contributed by atoms with E-state index in [0.29, 0.717) is 17.3 Å². The van der Waals surface area contributed by atoms with Crippen LogP contribution in [0.2, 0.25) is 5.02 Å². The van der Waals surface area contributed by atoms with E-state index in [-0.39, 0.29) is 11.7 Å². The SMILES string of the molecule is CCSCCC1CN(C(=O)Nc2ccc(OC(F)(F)F)cc2)N=C1c1ccc(Cl)cc1. The molecule has 1 aliphatic heterocycles. The largest absolute Gasteiger partial charge is 0.573 e. The summed E-state index contributed by atoms with van der Waals surface area (Å²) < 4.78 is 40.7. The number of carbonyl (C=O) groups is 1. The molecule has 0 fully saturated rings. The highest BCUT2D eigenvalue weighted by Crippen LogP contribution is 2.27. The lowest BCUT2D eigenvalue weighted by molar-refractivity contribution is -0.274. The van der Waals surface area contributed by atoms with Crippen LogP contribution in [0.5, 0.6) is 5.75 Å². The summed E-state index contributed by atoms with van der Waals surface area (Å²) in [6.07, 6.45) is -3.90. The van der Waals surface area contributed by atoms with E-state index in [1.807, 2.05) is 23.9 Å². The number of hydrazone groups is 1. The fraction of sp³-hybridized carbons (Fsp3) is 0.333. The lowest BCUT2D eigenvalue weighted by Crippen LogP contribution is -2.30. The minimum absolute atomic E-state index is 0.0773. The van der Waals surface area contributed by atoms with Crippen LogP contribution in [0.25, 0.3) is 0 Å². The number of benzene rings is 2. The first-order valence-corrected chi connectivity index (χ1v) is 11.1. The van der Waals surface area contributed by atoms with Crippen LogP contribution in [0.15, 0.2) is 53.6 Å². The zero-order valence-electron chi connectivity index (χ0n) is 16.7. The van der Waals surface area contributed by atoms with Gasteiger partial charge in [0, 0.05) is 16.6 Å². The van der Waals surface area contributed by atoms with Crippen molar-refractivity contribution in [2.75, 3.05) is 23.4 Å². The Morgan fingerprint density at radius 1 is 1.23 bits per heavy atom. The van der Waals surface area contributed by atoms with E-state index in [9.17, 15) is 18.0 Å². The number of hydrogen-bond donors (Lipinski definition) is 1. The molecule has 0 saturated heterocycles. The van der Waals surface area contributed by atoms with Crippen molar-refractivity contribution in [3.8, 4) is 5.75 Å². The first kappa shape index (κ1) is 23.3. The van der Waals surface area contributed by atoms with Gasteiger partial charge in [-0.2, -0.15) is 16.9 Å². The summed E-state index contributed by atoms with van der Waals surface area (Å²) in [5.74, 6) is 1.68. The Morgan fingerprint density at radius 2 is 1.90 bits per heavy atom. The Bertz CT molecular complexity index is 921. The van der Waals surface area contributed by atoms with Crippen molar-refractivity contribution in [3.63, 3.8) is 0 Å². The van der Waals surface area contributed by atoms with Crippen molar-refractivity contribution in [2.45, 2.75) is 19.7 Å². The quantitative estimate of drug-likeness (QED) is 0.485. The first-order chi connectivity index (χ1) is 14.7. The standard InChI is InChI=1S/C21H21ClF3N3O2S/c1-2-31-12-11-15-13-28(27-19(15)14-3-5-16(22)6-4-14)20(29)26-17-7-9-18(10-8-17)30-21(23,24)25/h3-10,15H,2,11-13H2,1H3,(H,26,29). The molecule has 0 aromatic heterocycles. The molecular weight excluding hydrogens is 451 g/mol. The zero-order valence-corrected chi connectivity index (χ0v) is 18.2. The van der Waals surface area contributed by atoms with Gasteiger partial charge in [0.1, 0.15) is 5.75 Å². The number of carbonyl (C=O) groups excluding carboxylic acids is 1. The minimum atomic E-state index is -4.77. The number of alkyl halides is 3. The molecule has 166 valence electrons. The van der Waals surface area contributed by atoms with Gasteiger partial charge in [0.15, 0.2) is 0 Å². The Hall–Kier alpha value is -2.39. The second-order valence-electron chi connectivity index (χ2n) is 6.76. The number of ether oxygens (including phenoxy) is 1. The smallest absolute Gasteiger partial charge is 0.406 e. The number of rotatable bonds is 7. The fourth-order valence-corrected chi connectivity index (χ4v) is 3.98. The van der Waals surface area contributed by atoms with Crippen molar-refractivity contribution in [1.29, 1.82) is 0 Å². The molecule has 2 aromatic carbocycles. The highest BCUT2D eigenvalue weighted by molar-refractivity contribution is 7.99. The van der Waals surface area contributed by atoms with Crippen LogP contribution < -0.4 is 10.1 Å². The maximum atomic E-state index is 12.7. The van der Waals surface area contributed by atoms with E-state index >= 15 is 0 Å². The van der Waals surface area contributed by atoms with Crippen molar-refractivity contribution < 1.29 is 22.7 Å². The molecule has 1 atom stereocenters. The molecule has 31 heavy (non-hydrogen) atoms. The van der Waals surface area contributed by atoms with E-state index in [0.717, 1.165) is 41.3 Å². The molecule has 10 heteroatoms. The predicted octanol–water partition coefficient (Wildman–Crippen LogP) is 6.25. The van der Waals surface area contributed by atoms with E-state index in [1.165, 1.54) is 17.1 Å². The van der Waals surface area contributed by atoms with Crippen LogP contribution in [-0.2, 0) is 0 Å². The van der Waals surface area contributed by atoms with E-state index in [4.69, 9.17) is 11.6 Å². The lowest BCUT2D eigenvalue weighted by atomic mass is 9.95. The molecule has 3 rings (SSSR count). The number of amides is 2. The Morgan fingerprint density at radius 3 is 2.52 bits per heavy atom. The minimum Gasteiger partial charge on any atom is -0.406 e. The summed E-state index contributed by atoms with van der Waals surface area (Å²) in [7, 11) is 0. The molecule has 2 amide bonds. The second kappa shape index (κ2) is 10.3. The summed E-state index contributed by atoms with van der Waals surface area (Å²) in [4.78, 5) is 12.7. The van der Waals surface area contributed by atoms with Gasteiger partial charge in [-0.15, -0.1) is 13.2 Å². The van der Waals surface area contributed by atoms with E-state index in [2.05, 4.69) is 22.1 Å². The molecule has 0 saturated carbocycles. The molecule has 2 aromatic rings. The van der Waals surface area contributed by atoms with Crippen LogP contribution in [0, 0.1) is 5.92 Å². The maximum Gasteiger partial charge on any atom is 0.573 e. The maximum absolute atomic E-state index is 12.7. The third kappa shape index (κ3) is 6.80. The van der Waals surface area contributed by atoms with E-state index < -0.39 is 12.4 Å². The van der Waals surface area contributed by atoms with Gasteiger partial charge < -0.3 is 10.1 Å². The summed E-state index contributed by atoms with van der Waals surface area (Å²) >= 11 is 7.81. The van der Waals surface area contributed by atoms with Crippen molar-refractivity contribution in [3.05, 3.63) is 59.1 Å². The molecule has 1 heterocycles. The summed E-state index contributed by atoms with van der Waals surface area (Å²) in [6, 6.07) is 11.8. The molecule has 5 nitrogen and oxygen atoms in total. The highest BCUT2D eigenvalue weighted by atomic mass is 35.5. The van der Waals surface area contributed by atoms with Crippen molar-refractivity contribution in [2.24, 2.45) is 11.0 Å². The van der Waals surface area contributed by atoms with Gasteiger partial charge in [-0.3, -0.25) is 0 Å². The van der Waals surface area contributed by atoms with Crippen LogP contribution in [-0.4, -0.2) is 41.2 Å². The van der Waals surface area contributed by atoms with Crippen LogP contribution in [0.3, 0.4) is 0 Å². The van der Waals surface area contributed by atoms with Gasteiger partial charge in [-0.25, -0.2) is 9.80 Å². The number of nitrogens with zero attached hydrogens (tertiary/aromatic N) is 2. The lowest BCUT2D eigenvalue weighted by Gasteiger charge is -2.16. The van der Waals surface area contributed by atoms with Gasteiger partial charge in [-0.05, 0) is 59.9 Å². The molecule has 1 unspecified atom stereocenters. The molecular formula is C21H21ClF3N3O2S. The van der Waals surface area contributed by atoms with Gasteiger partial charge in [-0.1, -0.05) is 30.7 Å². The topological polar surface area (TPSA) is 53.9 Å². The number of urea groups is 1. The average molecular weight is 472 g/mol. The Labute approximate surface area is 187 Å². The fourth-order valence-electron chi connectivity index (χ4n) is 3.12. The number of halogens is 4. The third-order valence-electron chi connectivity index (χ3n) is 4.54. The number of nitrogens with one attached hydrogen (secondary N) is 1. The van der Waals surface area contributed by atoms with Crippen LogP contribution in [0.4, 0.5) is 23.7 Å². The van der Waals surface area contributed by atoms with Crippen LogP contribution in [0.1, 0.15) is 18.9 Å². The van der Waals surface area contributed by atoms with Gasteiger partial charge in [0.25, 0.3) is 0 Å².